The summed E-state index contributed by atoms with van der Waals surface area (Å²) in [5.41, 5.74) is 30.9. The molecule has 0 saturated carbocycles. The summed E-state index contributed by atoms with van der Waals surface area (Å²) < 4.78 is 21.2. The number of imidazole rings is 12. The highest BCUT2D eigenvalue weighted by Gasteiger charge is 2.32. The van der Waals surface area contributed by atoms with Crippen molar-refractivity contribution in [1.82, 2.24) is 69.5 Å². The third-order valence-electron chi connectivity index (χ3n) is 30.6. The zero-order valence-corrected chi connectivity index (χ0v) is 73.7. The number of nitrogens with zero attached hydrogens (tertiary/aromatic N) is 15. The summed E-state index contributed by atoms with van der Waals surface area (Å²) in [5, 5.41) is 27.6. The Hall–Kier alpha value is -17.9. The lowest BCUT2D eigenvalue weighted by Gasteiger charge is -2.17. The number of hydrogen-bond acceptors (Lipinski definition) is 6. The van der Waals surface area contributed by atoms with E-state index in [1.54, 1.807) is 0 Å². The van der Waals surface area contributed by atoms with E-state index in [0.29, 0.717) is 0 Å². The highest BCUT2D eigenvalue weighted by molar-refractivity contribution is 6.89. The van der Waals surface area contributed by atoms with Gasteiger partial charge in [-0.15, -0.1) is 0 Å². The van der Waals surface area contributed by atoms with Crippen LogP contribution in [0.1, 0.15) is 0 Å². The molecule has 22 aromatic carbocycles. The number of hydrogen-bond donors (Lipinski definition) is 0. The van der Waals surface area contributed by atoms with Crippen LogP contribution in [0.25, 0.3) is 314 Å². The molecule has 0 fully saturated rings. The molecule has 15 nitrogen and oxygen atoms in total. The molecule has 0 aliphatic carbocycles. The van der Waals surface area contributed by atoms with E-state index in [-0.39, 0.29) is 0 Å². The minimum atomic E-state index is -1.83. The van der Waals surface area contributed by atoms with Gasteiger partial charge in [-0.25, -0.2) is 43.1 Å². The molecule has 16 heteroatoms. The molecule has 12 aromatic heterocycles. The summed E-state index contributed by atoms with van der Waals surface area (Å²) in [4.78, 5) is 33.4. The van der Waals surface area contributed by atoms with Crippen LogP contribution >= 0.6 is 0 Å². The van der Waals surface area contributed by atoms with Crippen molar-refractivity contribution in [1.29, 1.82) is 0 Å². The number of aromatic nitrogens is 15. The Morgan fingerprint density at radius 2 is 0.385 bits per heavy atom. The van der Waals surface area contributed by atoms with E-state index < -0.39 is 8.07 Å². The molecule has 0 amide bonds. The van der Waals surface area contributed by atoms with Crippen molar-refractivity contribution in [3.8, 4) is 44.5 Å². The first-order chi connectivity index (χ1) is 66.4. The Morgan fingerprint density at radius 3 is 0.733 bits per heavy atom. The summed E-state index contributed by atoms with van der Waals surface area (Å²) in [6, 6.07) is 132. The van der Waals surface area contributed by atoms with E-state index in [2.05, 4.69) is 411 Å². The van der Waals surface area contributed by atoms with Crippen LogP contribution in [0.3, 0.4) is 0 Å². The maximum Gasteiger partial charge on any atom is 0.223 e. The van der Waals surface area contributed by atoms with Crippen molar-refractivity contribution < 1.29 is 0 Å². The van der Waals surface area contributed by atoms with E-state index in [1.165, 1.54) is 80.7 Å². The monoisotopic (exact) mass is 1730 g/mol. The Labute approximate surface area is 762 Å². The second kappa shape index (κ2) is 24.0. The van der Waals surface area contributed by atoms with Crippen LogP contribution in [0, 0.1) is 0 Å². The minimum absolute atomic E-state index is 0.815. The molecule has 0 aliphatic rings. The molecule has 0 aliphatic heterocycles. The average molecular weight is 1740 g/mol. The van der Waals surface area contributed by atoms with Gasteiger partial charge in [0, 0.05) is 0 Å². The Balaban J connectivity index is 0.521. The molecule has 34 rings (SSSR count). The lowest BCUT2D eigenvalue weighted by molar-refractivity contribution is 1.15. The first-order valence-electron chi connectivity index (χ1n) is 46.3. The summed E-state index contributed by atoms with van der Waals surface area (Å²) in [6.07, 6.45) is 0. The first kappa shape index (κ1) is 70.1. The third kappa shape index (κ3) is 8.99. The van der Waals surface area contributed by atoms with Crippen molar-refractivity contribution in [2.75, 3.05) is 0 Å². The average Bonchev–Trinajstić information content (AvgIpc) is 1.52. The number of benzene rings is 22. The van der Waals surface area contributed by atoms with E-state index in [9.17, 15) is 0 Å². The standard InChI is InChI=1S/C119H67N15Si/c1-135(2,3)84-60-109-113-110(61-84)131-104-55-81-42-70(28-32-76(81)49-98(104)125-119(131)134(113)118-121-94-45-64-16-5-7-18-66(64)51-100(94)130(109)118)69-27-31-74-47-96-102(53-79(74)41-69)128-106-57-82(71-34-36-86-77(38-71)33-24-62-14-8-9-19-85(62)86)56-105-111(106)133(116(128)123-96)115-122-95-46-73-29-25-67(39-78(73)52-101(95)127(105)115)68-26-30-75-48-97-103(54-80(75)40-68)129-108-59-83(72-35-37-91-89-22-11-10-20-87(89)88-21-12-13-23-90(88)92(91)43-72)58-107-112(108)132(117(129)124-97)114-120-93-44-63-15-4-6-17-65(63)50-99(93)126(107)114/h4-61H,1-3H3. The molecule has 0 spiro atoms. The summed E-state index contributed by atoms with van der Waals surface area (Å²) in [5.74, 6) is 5.05. The Morgan fingerprint density at radius 1 is 0.156 bits per heavy atom. The fourth-order valence-electron chi connectivity index (χ4n) is 24.2. The molecule has 0 unspecified atom stereocenters. The van der Waals surface area contributed by atoms with Crippen molar-refractivity contribution >= 4 is 282 Å². The van der Waals surface area contributed by atoms with Crippen LogP contribution in [-0.4, -0.2) is 77.6 Å². The fraction of sp³-hybridized carbons (Fsp3) is 0.0252. The van der Waals surface area contributed by atoms with Gasteiger partial charge < -0.3 is 0 Å². The van der Waals surface area contributed by atoms with Gasteiger partial charge in [0.1, 0.15) is 16.6 Å². The highest BCUT2D eigenvalue weighted by Crippen LogP contribution is 2.48. The van der Waals surface area contributed by atoms with Gasteiger partial charge in [-0.2, -0.15) is 0 Å². The van der Waals surface area contributed by atoms with Crippen molar-refractivity contribution in [2.45, 2.75) is 19.6 Å². The fourth-order valence-corrected chi connectivity index (χ4v) is 25.4. The van der Waals surface area contributed by atoms with Gasteiger partial charge in [0.15, 0.2) is 0 Å². The van der Waals surface area contributed by atoms with Gasteiger partial charge in [0.25, 0.3) is 0 Å². The topological polar surface area (TPSA) is 117 Å². The number of rotatable bonds is 5. The maximum absolute atomic E-state index is 5.67. The molecule has 34 aromatic rings. The van der Waals surface area contributed by atoms with Gasteiger partial charge in [0.05, 0.1) is 107 Å². The highest BCUT2D eigenvalue weighted by atomic mass is 28.3. The van der Waals surface area contributed by atoms with Gasteiger partial charge in [-0.3, -0.25) is 26.4 Å². The van der Waals surface area contributed by atoms with E-state index >= 15 is 0 Å². The Bertz CT molecular complexity index is 11600. The summed E-state index contributed by atoms with van der Waals surface area (Å²) in [7, 11) is -1.83. The van der Waals surface area contributed by atoms with Crippen LogP contribution in [0.2, 0.25) is 19.6 Å². The lowest BCUT2D eigenvalue weighted by atomic mass is 9.92. The van der Waals surface area contributed by atoms with Gasteiger partial charge in [0.2, 0.25) is 34.7 Å². The van der Waals surface area contributed by atoms with Crippen LogP contribution in [0.5, 0.6) is 0 Å². The molecule has 0 radical (unpaired) electrons. The number of fused-ring (bicyclic) bond motifs is 45. The molecular formula is C119H67N15Si. The van der Waals surface area contributed by atoms with Gasteiger partial charge in [-0.05, 0) is 309 Å². The molecule has 0 bridgehead atoms. The maximum atomic E-state index is 5.67. The third-order valence-corrected chi connectivity index (χ3v) is 32.6. The molecule has 135 heavy (non-hydrogen) atoms. The molecule has 622 valence electrons. The predicted octanol–water partition coefficient (Wildman–Crippen LogP) is 28.9. The first-order valence-corrected chi connectivity index (χ1v) is 49.8. The smallest absolute Gasteiger partial charge is 0.223 e. The Kier molecular flexibility index (Phi) is 12.5. The SMILES string of the molecule is C[Si](C)(C)c1cc2c3c(c1)n1c4cc5cc(-c6ccc7cc8nc9n(c8cc7c6)c6cc(-c7ccc8c(ccc%10ccccc%108)c7)cc7c6n9c6nc8cc9ccc(-c%10ccc%11cc%12nc%13n(c%12cc%11c%10)c%10cc(-c%11ccc%12c%14ccccc%14c%14ccccc%14c%12c%11)cc%11c%10n%13c%10nc%12cc%13ccccc%13cc%12n%11%10)cc9cc8n76)ccc5cc4nc1n3c1nc3cc4ccccc4cc3n21. The second-order valence-corrected chi connectivity index (χ2v) is 44.0. The zero-order valence-electron chi connectivity index (χ0n) is 72.7. The molecule has 0 N–H and O–H groups in total. The molecule has 0 atom stereocenters. The quantitative estimate of drug-likeness (QED) is 0.125. The van der Waals surface area contributed by atoms with Crippen molar-refractivity contribution in [2.24, 2.45) is 0 Å². The largest absolute Gasteiger partial charge is 0.276 e. The minimum Gasteiger partial charge on any atom is -0.276 e. The van der Waals surface area contributed by atoms with E-state index in [1.807, 2.05) is 0 Å². The van der Waals surface area contributed by atoms with Crippen LogP contribution < -0.4 is 5.19 Å². The summed E-state index contributed by atoms with van der Waals surface area (Å²) in [6.45, 7) is 7.33. The normalized spacial score (nSPS) is 13.1. The van der Waals surface area contributed by atoms with E-state index in [4.69, 9.17) is 29.9 Å². The van der Waals surface area contributed by atoms with Crippen molar-refractivity contribution in [3.63, 3.8) is 0 Å². The van der Waals surface area contributed by atoms with Gasteiger partial charge >= 0.3 is 0 Å². The molecule has 0 saturated heterocycles. The summed E-state index contributed by atoms with van der Waals surface area (Å²) >= 11 is 0. The van der Waals surface area contributed by atoms with Gasteiger partial charge in [-0.1, -0.05) is 231 Å². The second-order valence-electron chi connectivity index (χ2n) is 38.9. The van der Waals surface area contributed by atoms with Crippen LogP contribution in [0.15, 0.2) is 352 Å². The zero-order chi connectivity index (χ0) is 87.4. The predicted molar refractivity (Wildman–Crippen MR) is 560 cm³/mol. The lowest BCUT2D eigenvalue weighted by Crippen LogP contribution is -2.37. The van der Waals surface area contributed by atoms with E-state index in [0.717, 1.165) is 238 Å². The van der Waals surface area contributed by atoms with Crippen molar-refractivity contribution in [3.05, 3.63) is 352 Å². The van der Waals surface area contributed by atoms with Crippen LogP contribution in [0.4, 0.5) is 0 Å². The molecular weight excluding hydrogens is 1670 g/mol. The van der Waals surface area contributed by atoms with Crippen LogP contribution in [-0.2, 0) is 0 Å². The molecule has 12 heterocycles.